The molecule has 0 radical (unpaired) electrons. The molecule has 1 unspecified atom stereocenters. The van der Waals surface area contributed by atoms with Gasteiger partial charge in [-0.15, -0.1) is 0 Å². The van der Waals surface area contributed by atoms with E-state index in [9.17, 15) is 4.79 Å². The van der Waals surface area contributed by atoms with Gasteiger partial charge < -0.3 is 9.47 Å². The van der Waals surface area contributed by atoms with E-state index in [0.717, 1.165) is 30.4 Å². The fourth-order valence-corrected chi connectivity index (χ4v) is 3.69. The van der Waals surface area contributed by atoms with Crippen LogP contribution < -0.4 is 0 Å². The highest BCUT2D eigenvalue weighted by atomic mass is 16.6. The molecule has 3 nitrogen and oxygen atoms in total. The molecule has 31 heavy (non-hydrogen) atoms. The first-order valence-corrected chi connectivity index (χ1v) is 11.4. The highest BCUT2D eigenvalue weighted by molar-refractivity contribution is 5.75. The van der Waals surface area contributed by atoms with Crippen molar-refractivity contribution in [3.8, 4) is 0 Å². The van der Waals surface area contributed by atoms with Crippen LogP contribution in [0.1, 0.15) is 85.3 Å². The van der Waals surface area contributed by atoms with Gasteiger partial charge in [-0.3, -0.25) is 0 Å². The van der Waals surface area contributed by atoms with Gasteiger partial charge in [0.25, 0.3) is 0 Å². The third-order valence-corrected chi connectivity index (χ3v) is 5.64. The Labute approximate surface area is 189 Å². The molecule has 0 aromatic heterocycles. The van der Waals surface area contributed by atoms with Crippen molar-refractivity contribution >= 4 is 5.97 Å². The van der Waals surface area contributed by atoms with E-state index in [4.69, 9.17) is 9.47 Å². The van der Waals surface area contributed by atoms with E-state index in [0.29, 0.717) is 6.42 Å². The van der Waals surface area contributed by atoms with Gasteiger partial charge in [-0.25, -0.2) is 4.79 Å². The van der Waals surface area contributed by atoms with E-state index in [1.54, 1.807) is 0 Å². The second-order valence-electron chi connectivity index (χ2n) is 10.6. The number of unbranched alkanes of at least 4 members (excludes halogenated alkanes) is 1. The first-order valence-electron chi connectivity index (χ1n) is 11.4. The largest absolute Gasteiger partial charge is 0.453 e. The third kappa shape index (κ3) is 8.14. The lowest BCUT2D eigenvalue weighted by atomic mass is 9.89. The van der Waals surface area contributed by atoms with Gasteiger partial charge >= 0.3 is 5.97 Å². The third-order valence-electron chi connectivity index (χ3n) is 5.64. The number of carbonyl (C=O) groups excluding carboxylic acids is 1. The molecule has 0 saturated carbocycles. The van der Waals surface area contributed by atoms with E-state index >= 15 is 0 Å². The summed E-state index contributed by atoms with van der Waals surface area (Å²) in [5, 5.41) is 0. The summed E-state index contributed by atoms with van der Waals surface area (Å²) in [5.41, 5.74) is 0.991. The Bertz CT molecular complexity index is 801. The summed E-state index contributed by atoms with van der Waals surface area (Å²) in [5.74, 6) is -0.298. The smallest absolute Gasteiger partial charge is 0.336 e. The summed E-state index contributed by atoms with van der Waals surface area (Å²) >= 11 is 0. The first-order chi connectivity index (χ1) is 14.4. The lowest BCUT2D eigenvalue weighted by molar-refractivity contribution is -0.182. The maximum absolute atomic E-state index is 13.3. The predicted octanol–water partition coefficient (Wildman–Crippen LogP) is 7.39. The molecule has 3 heteroatoms. The van der Waals surface area contributed by atoms with Crippen molar-refractivity contribution in [2.75, 3.05) is 0 Å². The minimum Gasteiger partial charge on any atom is -0.453 e. The standard InChI is InChI=1S/C28H40O3/c1-26(2,3)21-15-14-20-24(30-27(4,5)22-16-10-8-11-17-22)25(29)31-28(6,7)23-18-12-9-13-19-23/h8-13,16-19,24H,14-15,20-21H2,1-7H3. The Hall–Kier alpha value is -2.13. The number of carbonyl (C=O) groups is 1. The zero-order chi connectivity index (χ0) is 23.1. The second kappa shape index (κ2) is 10.5. The van der Waals surface area contributed by atoms with Crippen molar-refractivity contribution in [1.82, 2.24) is 0 Å². The molecule has 0 bridgehead atoms. The normalized spacial score (nSPS) is 13.6. The maximum Gasteiger partial charge on any atom is 0.336 e. The fraction of sp³-hybridized carbons (Fsp3) is 0.536. The highest BCUT2D eigenvalue weighted by Crippen LogP contribution is 2.31. The van der Waals surface area contributed by atoms with Crippen LogP contribution in [0.5, 0.6) is 0 Å². The first kappa shape index (κ1) is 25.1. The number of esters is 1. The van der Waals surface area contributed by atoms with Gasteiger partial charge in [0.2, 0.25) is 0 Å². The molecule has 0 spiro atoms. The van der Waals surface area contributed by atoms with Crippen LogP contribution >= 0.6 is 0 Å². The molecular weight excluding hydrogens is 384 g/mol. The summed E-state index contributed by atoms with van der Waals surface area (Å²) in [4.78, 5) is 13.3. The second-order valence-corrected chi connectivity index (χ2v) is 10.6. The van der Waals surface area contributed by atoms with Crippen LogP contribution in [0.2, 0.25) is 0 Å². The molecule has 0 aliphatic carbocycles. The Balaban J connectivity index is 2.14. The van der Waals surface area contributed by atoms with E-state index in [2.05, 4.69) is 20.8 Å². The van der Waals surface area contributed by atoms with Gasteiger partial charge in [0.1, 0.15) is 5.60 Å². The van der Waals surface area contributed by atoms with E-state index < -0.39 is 17.3 Å². The van der Waals surface area contributed by atoms with Gasteiger partial charge in [-0.2, -0.15) is 0 Å². The van der Waals surface area contributed by atoms with Crippen LogP contribution in [-0.2, 0) is 25.5 Å². The molecule has 0 aliphatic rings. The van der Waals surface area contributed by atoms with Crippen molar-refractivity contribution < 1.29 is 14.3 Å². The van der Waals surface area contributed by atoms with Crippen LogP contribution in [-0.4, -0.2) is 12.1 Å². The molecule has 0 N–H and O–H groups in total. The van der Waals surface area contributed by atoms with E-state index in [1.165, 1.54) is 0 Å². The molecule has 2 rings (SSSR count). The van der Waals surface area contributed by atoms with Crippen molar-refractivity contribution in [3.05, 3.63) is 71.8 Å². The molecule has 0 heterocycles. The SMILES string of the molecule is CC(C)(C)CCCCC(OC(C)(C)c1ccccc1)C(=O)OC(C)(C)c1ccccc1. The zero-order valence-corrected chi connectivity index (χ0v) is 20.4. The van der Waals surface area contributed by atoms with Crippen LogP contribution in [0.4, 0.5) is 0 Å². The number of ether oxygens (including phenoxy) is 2. The molecule has 1 atom stereocenters. The molecule has 0 amide bonds. The number of benzene rings is 2. The Morgan fingerprint density at radius 3 is 1.71 bits per heavy atom. The average molecular weight is 425 g/mol. The van der Waals surface area contributed by atoms with Crippen molar-refractivity contribution in [2.24, 2.45) is 5.41 Å². The molecule has 2 aromatic carbocycles. The van der Waals surface area contributed by atoms with Crippen LogP contribution in [0.25, 0.3) is 0 Å². The van der Waals surface area contributed by atoms with Gasteiger partial charge in [-0.1, -0.05) is 94.3 Å². The number of rotatable bonds is 10. The molecule has 0 fully saturated rings. The molecule has 2 aromatic rings. The summed E-state index contributed by atoms with van der Waals surface area (Å²) in [7, 11) is 0. The Morgan fingerprint density at radius 2 is 1.23 bits per heavy atom. The molecule has 0 aliphatic heterocycles. The van der Waals surface area contributed by atoms with Crippen molar-refractivity contribution in [2.45, 2.75) is 91.5 Å². The zero-order valence-electron chi connectivity index (χ0n) is 20.4. The van der Waals surface area contributed by atoms with Crippen LogP contribution in [0.15, 0.2) is 60.7 Å². The quantitative estimate of drug-likeness (QED) is 0.294. The Kier molecular flexibility index (Phi) is 8.48. The molecular formula is C28H40O3. The summed E-state index contributed by atoms with van der Waals surface area (Å²) in [6.45, 7) is 14.6. The van der Waals surface area contributed by atoms with Crippen LogP contribution in [0.3, 0.4) is 0 Å². The lowest BCUT2D eigenvalue weighted by Gasteiger charge is -2.33. The summed E-state index contributed by atoms with van der Waals surface area (Å²) in [6.07, 6.45) is 3.14. The average Bonchev–Trinajstić information content (AvgIpc) is 2.70. The van der Waals surface area contributed by atoms with Crippen LogP contribution in [0, 0.1) is 5.41 Å². The van der Waals surface area contributed by atoms with Gasteiger partial charge in [-0.05, 0) is 57.1 Å². The Morgan fingerprint density at radius 1 is 0.742 bits per heavy atom. The van der Waals surface area contributed by atoms with Crippen molar-refractivity contribution in [3.63, 3.8) is 0 Å². The maximum atomic E-state index is 13.3. The topological polar surface area (TPSA) is 35.5 Å². The number of hydrogen-bond acceptors (Lipinski definition) is 3. The van der Waals surface area contributed by atoms with Gasteiger partial charge in [0.15, 0.2) is 6.10 Å². The number of hydrogen-bond donors (Lipinski definition) is 0. The van der Waals surface area contributed by atoms with Crippen molar-refractivity contribution in [1.29, 1.82) is 0 Å². The molecule has 170 valence electrons. The van der Waals surface area contributed by atoms with E-state index in [-0.39, 0.29) is 11.4 Å². The lowest BCUT2D eigenvalue weighted by Crippen LogP contribution is -2.38. The molecule has 0 saturated heterocycles. The minimum atomic E-state index is -0.720. The minimum absolute atomic E-state index is 0.287. The van der Waals surface area contributed by atoms with E-state index in [1.807, 2.05) is 88.4 Å². The summed E-state index contributed by atoms with van der Waals surface area (Å²) in [6, 6.07) is 19.9. The van der Waals surface area contributed by atoms with Gasteiger partial charge in [0, 0.05) is 0 Å². The fourth-order valence-electron chi connectivity index (χ4n) is 3.69. The predicted molar refractivity (Wildman–Crippen MR) is 128 cm³/mol. The summed E-state index contributed by atoms with van der Waals surface area (Å²) < 4.78 is 12.4. The monoisotopic (exact) mass is 424 g/mol. The van der Waals surface area contributed by atoms with Gasteiger partial charge in [0.05, 0.1) is 5.60 Å². The highest BCUT2D eigenvalue weighted by Gasteiger charge is 2.34.